The molecule has 4 heterocycles. The molecule has 3 saturated heterocycles. The highest BCUT2D eigenvalue weighted by atomic mass is 16.5. The predicted octanol–water partition coefficient (Wildman–Crippen LogP) is 1.62. The minimum absolute atomic E-state index is 0.0111. The second-order valence-corrected chi connectivity index (χ2v) is 8.25. The summed E-state index contributed by atoms with van der Waals surface area (Å²) in [5.41, 5.74) is 1.37. The highest BCUT2D eigenvalue weighted by Gasteiger charge is 2.32. The summed E-state index contributed by atoms with van der Waals surface area (Å²) in [4.78, 5) is 47.7. The Kier molecular flexibility index (Phi) is 6.62. The van der Waals surface area contributed by atoms with Gasteiger partial charge in [-0.25, -0.2) is 0 Å². The lowest BCUT2D eigenvalue weighted by atomic mass is 10.1. The molecule has 8 nitrogen and oxygen atoms in total. The number of nitrogens with zero attached hydrogens (tertiary/aromatic N) is 4. The Labute approximate surface area is 177 Å². The highest BCUT2D eigenvalue weighted by molar-refractivity contribution is 5.94. The maximum atomic E-state index is 13.0. The number of hydrogen-bond donors (Lipinski definition) is 0. The molecule has 3 aliphatic heterocycles. The zero-order valence-electron chi connectivity index (χ0n) is 17.4. The topological polar surface area (TPSA) is 83.1 Å². The van der Waals surface area contributed by atoms with Crippen molar-refractivity contribution in [3.05, 3.63) is 29.6 Å². The fraction of sp³-hybridized carbons (Fsp3) is 0.636. The average molecular weight is 415 g/mol. The second-order valence-electron chi connectivity index (χ2n) is 8.25. The Balaban J connectivity index is 1.40. The van der Waals surface area contributed by atoms with Gasteiger partial charge in [0.15, 0.2) is 0 Å². The van der Waals surface area contributed by atoms with Crippen LogP contribution < -0.4 is 0 Å². The quantitative estimate of drug-likeness (QED) is 0.748. The van der Waals surface area contributed by atoms with Crippen molar-refractivity contribution in [1.29, 1.82) is 0 Å². The number of ether oxygens (including phenoxy) is 1. The van der Waals surface area contributed by atoms with Crippen molar-refractivity contribution < 1.29 is 19.1 Å². The number of pyridine rings is 1. The van der Waals surface area contributed by atoms with E-state index in [0.717, 1.165) is 37.8 Å². The van der Waals surface area contributed by atoms with Crippen molar-refractivity contribution in [3.8, 4) is 0 Å². The normalized spacial score (nSPS) is 22.9. The van der Waals surface area contributed by atoms with Crippen molar-refractivity contribution in [3.63, 3.8) is 0 Å². The fourth-order valence-corrected chi connectivity index (χ4v) is 4.51. The lowest BCUT2D eigenvalue weighted by Gasteiger charge is -2.28. The summed E-state index contributed by atoms with van der Waals surface area (Å²) in [5, 5.41) is 0. The van der Waals surface area contributed by atoms with Crippen LogP contribution in [0.1, 0.15) is 60.6 Å². The third-order valence-corrected chi connectivity index (χ3v) is 6.24. The molecular formula is C22H30N4O4. The maximum Gasteiger partial charge on any atom is 0.255 e. The van der Waals surface area contributed by atoms with E-state index < -0.39 is 0 Å². The lowest BCUT2D eigenvalue weighted by Crippen LogP contribution is -2.42. The van der Waals surface area contributed by atoms with E-state index in [4.69, 9.17) is 4.74 Å². The minimum Gasteiger partial charge on any atom is -0.378 e. The van der Waals surface area contributed by atoms with Gasteiger partial charge in [0.2, 0.25) is 11.8 Å². The summed E-state index contributed by atoms with van der Waals surface area (Å²) < 4.78 is 5.30. The molecule has 4 rings (SSSR count). The second kappa shape index (κ2) is 9.55. The summed E-state index contributed by atoms with van der Waals surface area (Å²) >= 11 is 0. The molecule has 1 unspecified atom stereocenters. The number of hydrogen-bond acceptors (Lipinski definition) is 5. The molecule has 0 spiro atoms. The Morgan fingerprint density at radius 3 is 2.63 bits per heavy atom. The number of likely N-dealkylation sites (tertiary alicyclic amines) is 2. The van der Waals surface area contributed by atoms with Crippen molar-refractivity contribution in [2.45, 2.75) is 44.6 Å². The Morgan fingerprint density at radius 2 is 1.87 bits per heavy atom. The minimum atomic E-state index is -0.0906. The molecule has 3 fully saturated rings. The number of rotatable bonds is 4. The van der Waals surface area contributed by atoms with Crippen molar-refractivity contribution in [1.82, 2.24) is 19.7 Å². The van der Waals surface area contributed by atoms with Gasteiger partial charge in [0.25, 0.3) is 5.91 Å². The first-order chi connectivity index (χ1) is 14.6. The molecule has 0 aliphatic carbocycles. The first-order valence-electron chi connectivity index (χ1n) is 11.0. The van der Waals surface area contributed by atoms with Crippen LogP contribution in [0.5, 0.6) is 0 Å². The van der Waals surface area contributed by atoms with Gasteiger partial charge in [-0.15, -0.1) is 0 Å². The van der Waals surface area contributed by atoms with Gasteiger partial charge in [-0.1, -0.05) is 6.42 Å². The van der Waals surface area contributed by atoms with E-state index in [2.05, 4.69) is 4.98 Å². The van der Waals surface area contributed by atoms with E-state index in [-0.39, 0.29) is 30.3 Å². The molecule has 30 heavy (non-hydrogen) atoms. The smallest absolute Gasteiger partial charge is 0.255 e. The summed E-state index contributed by atoms with van der Waals surface area (Å²) in [6.07, 6.45) is 6.84. The molecular weight excluding hydrogens is 384 g/mol. The SMILES string of the molecule is O=C1CCCCCN1CC(=O)N1CCCC1c1ccc(C(=O)N2CCOCC2)cn1. The van der Waals surface area contributed by atoms with E-state index in [1.165, 1.54) is 0 Å². The molecule has 1 aromatic rings. The summed E-state index contributed by atoms with van der Waals surface area (Å²) in [6, 6.07) is 3.58. The van der Waals surface area contributed by atoms with Crippen molar-refractivity contribution >= 4 is 17.7 Å². The van der Waals surface area contributed by atoms with Gasteiger partial charge in [0, 0.05) is 38.8 Å². The van der Waals surface area contributed by atoms with Gasteiger partial charge in [-0.2, -0.15) is 0 Å². The fourth-order valence-electron chi connectivity index (χ4n) is 4.51. The molecule has 8 heteroatoms. The van der Waals surface area contributed by atoms with Crippen LogP contribution in [-0.4, -0.2) is 83.3 Å². The average Bonchev–Trinajstić information content (AvgIpc) is 3.19. The van der Waals surface area contributed by atoms with Gasteiger partial charge in [-0.3, -0.25) is 19.4 Å². The first kappa shape index (κ1) is 20.8. The van der Waals surface area contributed by atoms with Gasteiger partial charge in [-0.05, 0) is 37.8 Å². The van der Waals surface area contributed by atoms with E-state index in [0.29, 0.717) is 51.4 Å². The Bertz CT molecular complexity index is 776. The van der Waals surface area contributed by atoms with E-state index >= 15 is 0 Å². The van der Waals surface area contributed by atoms with Crippen LogP contribution in [0.15, 0.2) is 18.3 Å². The molecule has 3 amide bonds. The predicted molar refractivity (Wildman–Crippen MR) is 110 cm³/mol. The van der Waals surface area contributed by atoms with Crippen LogP contribution in [0.2, 0.25) is 0 Å². The molecule has 0 N–H and O–H groups in total. The van der Waals surface area contributed by atoms with E-state index in [1.807, 2.05) is 11.0 Å². The van der Waals surface area contributed by atoms with Crippen molar-refractivity contribution in [2.24, 2.45) is 0 Å². The van der Waals surface area contributed by atoms with Crippen LogP contribution in [0.4, 0.5) is 0 Å². The largest absolute Gasteiger partial charge is 0.378 e. The van der Waals surface area contributed by atoms with Gasteiger partial charge in [0.1, 0.15) is 0 Å². The monoisotopic (exact) mass is 414 g/mol. The molecule has 0 bridgehead atoms. The molecule has 162 valence electrons. The highest BCUT2D eigenvalue weighted by Crippen LogP contribution is 2.31. The zero-order chi connectivity index (χ0) is 20.9. The first-order valence-corrected chi connectivity index (χ1v) is 11.0. The van der Waals surface area contributed by atoms with Gasteiger partial charge in [0.05, 0.1) is 37.1 Å². The number of aromatic nitrogens is 1. The van der Waals surface area contributed by atoms with Crippen LogP contribution in [0.3, 0.4) is 0 Å². The standard InChI is InChI=1S/C22H30N4O4/c27-20-6-2-1-3-9-25(20)16-21(28)26-10-4-5-19(26)18-8-7-17(15-23-18)22(29)24-11-13-30-14-12-24/h7-8,15,19H,1-6,9-14,16H2. The molecule has 0 saturated carbocycles. The number of carbonyl (C=O) groups is 3. The van der Waals surface area contributed by atoms with Crippen LogP contribution in [0, 0.1) is 0 Å². The van der Waals surface area contributed by atoms with Crippen LogP contribution in [-0.2, 0) is 14.3 Å². The summed E-state index contributed by atoms with van der Waals surface area (Å²) in [7, 11) is 0. The summed E-state index contributed by atoms with van der Waals surface area (Å²) in [5.74, 6) is 0.0418. The maximum absolute atomic E-state index is 13.0. The molecule has 1 atom stereocenters. The molecule has 3 aliphatic rings. The van der Waals surface area contributed by atoms with Crippen LogP contribution in [0.25, 0.3) is 0 Å². The number of morpholine rings is 1. The third kappa shape index (κ3) is 4.64. The van der Waals surface area contributed by atoms with Crippen molar-refractivity contribution in [2.75, 3.05) is 45.9 Å². The van der Waals surface area contributed by atoms with E-state index in [1.54, 1.807) is 22.1 Å². The third-order valence-electron chi connectivity index (χ3n) is 6.24. The number of amides is 3. The molecule has 0 aromatic carbocycles. The van der Waals surface area contributed by atoms with Crippen LogP contribution >= 0.6 is 0 Å². The lowest BCUT2D eigenvalue weighted by molar-refractivity contribution is -0.140. The van der Waals surface area contributed by atoms with Gasteiger partial charge < -0.3 is 19.4 Å². The molecule has 1 aromatic heterocycles. The summed E-state index contributed by atoms with van der Waals surface area (Å²) in [6.45, 7) is 3.83. The Morgan fingerprint density at radius 1 is 1.03 bits per heavy atom. The zero-order valence-corrected chi connectivity index (χ0v) is 17.4. The number of carbonyl (C=O) groups excluding carboxylic acids is 3. The van der Waals surface area contributed by atoms with Gasteiger partial charge >= 0.3 is 0 Å². The van der Waals surface area contributed by atoms with E-state index in [9.17, 15) is 14.4 Å². The Hall–Kier alpha value is -2.48. The molecule has 0 radical (unpaired) electrons.